The molecule has 1 atom stereocenters. The summed E-state index contributed by atoms with van der Waals surface area (Å²) in [6.45, 7) is 5.74. The maximum absolute atomic E-state index is 13.0. The summed E-state index contributed by atoms with van der Waals surface area (Å²) < 4.78 is 1.77. The van der Waals surface area contributed by atoms with Crippen LogP contribution in [-0.2, 0) is 4.79 Å². The van der Waals surface area contributed by atoms with Crippen molar-refractivity contribution in [3.63, 3.8) is 0 Å². The lowest BCUT2D eigenvalue weighted by Crippen LogP contribution is -2.38. The number of carbonyl (C=O) groups excluding carboxylic acids is 1. The zero-order valence-corrected chi connectivity index (χ0v) is 14.8. The third-order valence-corrected chi connectivity index (χ3v) is 4.72. The Hall–Kier alpha value is -2.63. The lowest BCUT2D eigenvalue weighted by molar-refractivity contribution is -0.141. The zero-order chi connectivity index (χ0) is 18.1. The van der Waals surface area contributed by atoms with E-state index in [0.29, 0.717) is 5.56 Å². The molecule has 6 heteroatoms. The molecule has 0 saturated heterocycles. The number of amides is 1. The minimum atomic E-state index is -0.884. The van der Waals surface area contributed by atoms with Crippen molar-refractivity contribution in [2.45, 2.75) is 39.7 Å². The molecule has 1 unspecified atom stereocenters. The van der Waals surface area contributed by atoms with Crippen molar-refractivity contribution in [3.8, 4) is 5.69 Å². The normalized spacial score (nSPS) is 15.0. The van der Waals surface area contributed by atoms with Crippen LogP contribution in [0.25, 0.3) is 5.69 Å². The number of hydrogen-bond acceptors (Lipinski definition) is 3. The maximum atomic E-state index is 13.0. The van der Waals surface area contributed by atoms with E-state index in [0.717, 1.165) is 29.8 Å². The molecule has 0 aliphatic heterocycles. The molecule has 1 aromatic carbocycles. The summed E-state index contributed by atoms with van der Waals surface area (Å²) in [7, 11) is 0. The fraction of sp³-hybridized carbons (Fsp3) is 0.421. The van der Waals surface area contributed by atoms with E-state index in [1.54, 1.807) is 22.7 Å². The first-order valence-corrected chi connectivity index (χ1v) is 8.54. The van der Waals surface area contributed by atoms with Crippen LogP contribution in [0.4, 0.5) is 0 Å². The lowest BCUT2D eigenvalue weighted by Gasteiger charge is -2.24. The van der Waals surface area contributed by atoms with Gasteiger partial charge >= 0.3 is 5.97 Å². The van der Waals surface area contributed by atoms with Crippen molar-refractivity contribution in [2.24, 2.45) is 5.92 Å². The van der Waals surface area contributed by atoms with E-state index < -0.39 is 11.9 Å². The van der Waals surface area contributed by atoms with E-state index >= 15 is 0 Å². The van der Waals surface area contributed by atoms with E-state index in [9.17, 15) is 9.59 Å². The van der Waals surface area contributed by atoms with Crippen LogP contribution < -0.4 is 0 Å². The molecular weight excluding hydrogens is 318 g/mol. The Balaban J connectivity index is 1.89. The number of para-hydroxylation sites is 1. The predicted octanol–water partition coefficient (Wildman–Crippen LogP) is 2.81. The summed E-state index contributed by atoms with van der Waals surface area (Å²) >= 11 is 0. The molecule has 3 rings (SSSR count). The molecule has 1 fully saturated rings. The average Bonchev–Trinajstić information content (AvgIpc) is 3.35. The molecule has 6 nitrogen and oxygen atoms in total. The van der Waals surface area contributed by atoms with Gasteiger partial charge in [0.1, 0.15) is 0 Å². The second-order valence-corrected chi connectivity index (χ2v) is 6.77. The molecule has 25 heavy (non-hydrogen) atoms. The van der Waals surface area contributed by atoms with Crippen LogP contribution >= 0.6 is 0 Å². The highest BCUT2D eigenvalue weighted by Crippen LogP contribution is 2.30. The number of carboxylic acid groups (broad SMARTS) is 1. The highest BCUT2D eigenvalue weighted by Gasteiger charge is 2.36. The zero-order valence-electron chi connectivity index (χ0n) is 14.8. The van der Waals surface area contributed by atoms with Gasteiger partial charge in [-0.25, -0.2) is 4.68 Å². The number of rotatable bonds is 6. The van der Waals surface area contributed by atoms with Crippen LogP contribution in [-0.4, -0.2) is 44.3 Å². The minimum absolute atomic E-state index is 0.132. The van der Waals surface area contributed by atoms with E-state index in [1.807, 2.05) is 38.1 Å². The summed E-state index contributed by atoms with van der Waals surface area (Å²) in [6.07, 6.45) is 3.46. The van der Waals surface area contributed by atoms with Gasteiger partial charge in [-0.05, 0) is 38.3 Å². The summed E-state index contributed by atoms with van der Waals surface area (Å²) in [5, 5.41) is 13.6. The van der Waals surface area contributed by atoms with Gasteiger partial charge in [0.05, 0.1) is 29.1 Å². The second kappa shape index (κ2) is 6.70. The number of hydrogen-bond donors (Lipinski definition) is 1. The molecule has 0 radical (unpaired) electrons. The number of aromatic nitrogens is 2. The highest BCUT2D eigenvalue weighted by atomic mass is 16.4. The Morgan fingerprint density at radius 1 is 1.32 bits per heavy atom. The summed E-state index contributed by atoms with van der Waals surface area (Å²) in [5.74, 6) is -1.60. The molecule has 0 spiro atoms. The van der Waals surface area contributed by atoms with E-state index in [2.05, 4.69) is 5.10 Å². The number of aliphatic carboxylic acids is 1. The van der Waals surface area contributed by atoms with Crippen LogP contribution in [0.3, 0.4) is 0 Å². The molecule has 0 bridgehead atoms. The molecule has 1 amide bonds. The Kier molecular flexibility index (Phi) is 4.61. The molecule has 1 aromatic heterocycles. The third-order valence-electron chi connectivity index (χ3n) is 4.72. The maximum Gasteiger partial charge on any atom is 0.308 e. The molecular formula is C19H23N3O3. The number of nitrogens with zero attached hydrogens (tertiary/aromatic N) is 3. The average molecular weight is 341 g/mol. The molecule has 1 heterocycles. The highest BCUT2D eigenvalue weighted by molar-refractivity contribution is 5.96. The lowest BCUT2D eigenvalue weighted by atomic mass is 10.1. The Labute approximate surface area is 147 Å². The van der Waals surface area contributed by atoms with Gasteiger partial charge in [-0.1, -0.05) is 25.1 Å². The molecule has 1 N–H and O–H groups in total. The fourth-order valence-electron chi connectivity index (χ4n) is 2.98. The molecule has 2 aromatic rings. The molecule has 1 aliphatic rings. The molecule has 1 saturated carbocycles. The van der Waals surface area contributed by atoms with Crippen molar-refractivity contribution < 1.29 is 14.7 Å². The van der Waals surface area contributed by atoms with E-state index in [-0.39, 0.29) is 18.5 Å². The van der Waals surface area contributed by atoms with E-state index in [4.69, 9.17) is 5.11 Å². The minimum Gasteiger partial charge on any atom is -0.481 e. The largest absolute Gasteiger partial charge is 0.481 e. The van der Waals surface area contributed by atoms with Crippen molar-refractivity contribution in [1.82, 2.24) is 14.7 Å². The van der Waals surface area contributed by atoms with Gasteiger partial charge in [0.2, 0.25) is 0 Å². The molecule has 132 valence electrons. The third kappa shape index (κ3) is 3.43. The number of carboxylic acids is 1. The number of carbonyl (C=O) groups is 2. The summed E-state index contributed by atoms with van der Waals surface area (Å²) in [5.41, 5.74) is 3.32. The van der Waals surface area contributed by atoms with Crippen molar-refractivity contribution in [2.75, 3.05) is 6.54 Å². The van der Waals surface area contributed by atoms with Crippen LogP contribution in [0, 0.1) is 19.8 Å². The van der Waals surface area contributed by atoms with Gasteiger partial charge in [-0.2, -0.15) is 5.10 Å². The Bertz CT molecular complexity index is 808. The van der Waals surface area contributed by atoms with Gasteiger partial charge in [-0.15, -0.1) is 0 Å². The van der Waals surface area contributed by atoms with Crippen LogP contribution in [0.15, 0.2) is 30.5 Å². The van der Waals surface area contributed by atoms with Crippen LogP contribution in [0.1, 0.15) is 41.4 Å². The van der Waals surface area contributed by atoms with E-state index in [1.165, 1.54) is 0 Å². The monoisotopic (exact) mass is 341 g/mol. The SMILES string of the molecule is Cc1ccccc1-n1ncc(C(=O)N(CC(C)C(=O)O)C2CC2)c1C. The predicted molar refractivity (Wildman–Crippen MR) is 93.9 cm³/mol. The fourth-order valence-corrected chi connectivity index (χ4v) is 2.98. The van der Waals surface area contributed by atoms with Gasteiger partial charge in [0.25, 0.3) is 5.91 Å². The molecule has 1 aliphatic carbocycles. The Morgan fingerprint density at radius 2 is 2.00 bits per heavy atom. The topological polar surface area (TPSA) is 75.4 Å². The second-order valence-electron chi connectivity index (χ2n) is 6.77. The van der Waals surface area contributed by atoms with Gasteiger partial charge in [0.15, 0.2) is 0 Å². The van der Waals surface area contributed by atoms with Crippen molar-refractivity contribution in [3.05, 3.63) is 47.3 Å². The van der Waals surface area contributed by atoms with Crippen molar-refractivity contribution >= 4 is 11.9 Å². The van der Waals surface area contributed by atoms with Gasteiger partial charge < -0.3 is 10.0 Å². The van der Waals surface area contributed by atoms with Crippen molar-refractivity contribution in [1.29, 1.82) is 0 Å². The smallest absolute Gasteiger partial charge is 0.308 e. The Morgan fingerprint density at radius 3 is 2.60 bits per heavy atom. The standard InChI is InChI=1S/C19H23N3O3/c1-12-6-4-5-7-17(12)22-14(3)16(10-20-22)18(23)21(15-8-9-15)11-13(2)19(24)25/h4-7,10,13,15H,8-9,11H2,1-3H3,(H,24,25). The van der Waals surface area contributed by atoms with Gasteiger partial charge in [-0.3, -0.25) is 9.59 Å². The van der Waals surface area contributed by atoms with Crippen LogP contribution in [0.5, 0.6) is 0 Å². The first-order chi connectivity index (χ1) is 11.9. The number of benzene rings is 1. The summed E-state index contributed by atoms with van der Waals surface area (Å²) in [6, 6.07) is 8.02. The van der Waals surface area contributed by atoms with Crippen LogP contribution in [0.2, 0.25) is 0 Å². The first kappa shape index (κ1) is 17.2. The summed E-state index contributed by atoms with van der Waals surface area (Å²) in [4.78, 5) is 25.9. The van der Waals surface area contributed by atoms with Gasteiger partial charge in [0, 0.05) is 12.6 Å². The quantitative estimate of drug-likeness (QED) is 0.876. The number of aryl methyl sites for hydroxylation is 1. The first-order valence-electron chi connectivity index (χ1n) is 8.54.